The van der Waals surface area contributed by atoms with E-state index >= 15 is 0 Å². The number of rotatable bonds is 0. The van der Waals surface area contributed by atoms with Crippen molar-refractivity contribution in [3.63, 3.8) is 0 Å². The van der Waals surface area contributed by atoms with Gasteiger partial charge in [-0.1, -0.05) is 29.8 Å². The van der Waals surface area contributed by atoms with Crippen molar-refractivity contribution in [1.82, 2.24) is 4.98 Å². The lowest BCUT2D eigenvalue weighted by Crippen LogP contribution is -1.87. The van der Waals surface area contributed by atoms with Crippen LogP contribution in [0.4, 0.5) is 0 Å². The quantitative estimate of drug-likeness (QED) is 0.616. The second-order valence-electron chi connectivity index (χ2n) is 3.08. The van der Waals surface area contributed by atoms with Crippen LogP contribution >= 0.6 is 11.6 Å². The number of fused-ring (bicyclic) bond motifs is 1. The lowest BCUT2D eigenvalue weighted by Gasteiger charge is -2.03. The van der Waals surface area contributed by atoms with Gasteiger partial charge in [0, 0.05) is 5.39 Å². The molecule has 0 aliphatic heterocycles. The third kappa shape index (κ3) is 1.32. The van der Waals surface area contributed by atoms with Gasteiger partial charge in [-0.15, -0.1) is 0 Å². The third-order valence-electron chi connectivity index (χ3n) is 2.16. The Balaban J connectivity index is 2.92. The Morgan fingerprint density at radius 1 is 1.36 bits per heavy atom. The van der Waals surface area contributed by atoms with Crippen molar-refractivity contribution in [1.29, 1.82) is 5.26 Å². The zero-order valence-corrected chi connectivity index (χ0v) is 8.34. The van der Waals surface area contributed by atoms with Gasteiger partial charge in [0.1, 0.15) is 16.9 Å². The van der Waals surface area contributed by atoms with Gasteiger partial charge in [0.05, 0.1) is 0 Å². The van der Waals surface area contributed by atoms with Crippen LogP contribution in [0.1, 0.15) is 11.3 Å². The molecule has 1 aromatic heterocycles. The summed E-state index contributed by atoms with van der Waals surface area (Å²) >= 11 is 5.95. The van der Waals surface area contributed by atoms with Crippen molar-refractivity contribution >= 4 is 22.4 Å². The molecule has 0 spiro atoms. The Kier molecular flexibility index (Phi) is 2.11. The molecule has 0 aliphatic carbocycles. The molecule has 0 saturated carbocycles. The second-order valence-corrected chi connectivity index (χ2v) is 3.44. The Hall–Kier alpha value is -1.59. The molecule has 0 unspecified atom stereocenters. The summed E-state index contributed by atoms with van der Waals surface area (Å²) in [7, 11) is 0. The predicted molar refractivity (Wildman–Crippen MR) is 56.2 cm³/mol. The summed E-state index contributed by atoms with van der Waals surface area (Å²) < 4.78 is 0. The number of pyridine rings is 1. The fourth-order valence-corrected chi connectivity index (χ4v) is 1.70. The maximum Gasteiger partial charge on any atom is 0.142 e. The average molecular weight is 203 g/mol. The molecule has 2 nitrogen and oxygen atoms in total. The minimum absolute atomic E-state index is 0.358. The van der Waals surface area contributed by atoms with Gasteiger partial charge in [-0.25, -0.2) is 4.98 Å². The van der Waals surface area contributed by atoms with Crippen LogP contribution in [0.5, 0.6) is 0 Å². The first kappa shape index (κ1) is 8.98. The number of halogens is 1. The van der Waals surface area contributed by atoms with Crippen molar-refractivity contribution in [2.24, 2.45) is 0 Å². The van der Waals surface area contributed by atoms with Crippen molar-refractivity contribution in [3.8, 4) is 6.07 Å². The number of nitrogens with zero attached hydrogens (tertiary/aromatic N) is 2. The van der Waals surface area contributed by atoms with Gasteiger partial charge >= 0.3 is 0 Å². The van der Waals surface area contributed by atoms with Crippen LogP contribution in [0.25, 0.3) is 10.8 Å². The summed E-state index contributed by atoms with van der Waals surface area (Å²) in [5.41, 5.74) is 1.46. The topological polar surface area (TPSA) is 36.7 Å². The van der Waals surface area contributed by atoms with Crippen LogP contribution in [-0.2, 0) is 0 Å². The highest BCUT2D eigenvalue weighted by Crippen LogP contribution is 2.24. The molecule has 14 heavy (non-hydrogen) atoms. The van der Waals surface area contributed by atoms with E-state index in [1.165, 1.54) is 0 Å². The molecule has 0 fully saturated rings. The van der Waals surface area contributed by atoms with Gasteiger partial charge in [0.2, 0.25) is 0 Å². The highest BCUT2D eigenvalue weighted by molar-refractivity contribution is 6.34. The van der Waals surface area contributed by atoms with E-state index in [2.05, 4.69) is 4.98 Å². The lowest BCUT2D eigenvalue weighted by molar-refractivity contribution is 1.28. The number of hydrogen-bond donors (Lipinski definition) is 0. The number of hydrogen-bond acceptors (Lipinski definition) is 2. The maximum atomic E-state index is 8.74. The summed E-state index contributed by atoms with van der Waals surface area (Å²) in [6.07, 6.45) is 0. The van der Waals surface area contributed by atoms with E-state index in [-0.39, 0.29) is 0 Å². The van der Waals surface area contributed by atoms with E-state index in [9.17, 15) is 0 Å². The summed E-state index contributed by atoms with van der Waals surface area (Å²) in [6.45, 7) is 1.99. The zero-order chi connectivity index (χ0) is 10.1. The molecule has 0 saturated heterocycles. The van der Waals surface area contributed by atoms with Crippen molar-refractivity contribution in [3.05, 3.63) is 40.7 Å². The van der Waals surface area contributed by atoms with Crippen LogP contribution in [0, 0.1) is 18.3 Å². The van der Waals surface area contributed by atoms with E-state index in [0.29, 0.717) is 10.8 Å². The van der Waals surface area contributed by atoms with Crippen molar-refractivity contribution < 1.29 is 0 Å². The zero-order valence-electron chi connectivity index (χ0n) is 7.58. The van der Waals surface area contributed by atoms with Crippen molar-refractivity contribution in [2.75, 3.05) is 0 Å². The minimum atomic E-state index is 0.358. The molecule has 0 N–H and O–H groups in total. The molecule has 0 atom stereocenters. The molecular formula is C11H7ClN2. The molecule has 0 amide bonds. The minimum Gasteiger partial charge on any atom is -0.225 e. The summed E-state index contributed by atoms with van der Waals surface area (Å²) in [5, 5.41) is 11.0. The average Bonchev–Trinajstić information content (AvgIpc) is 2.19. The summed E-state index contributed by atoms with van der Waals surface area (Å²) in [5.74, 6) is 0. The smallest absolute Gasteiger partial charge is 0.142 e. The van der Waals surface area contributed by atoms with Crippen LogP contribution in [0.2, 0.25) is 5.15 Å². The Morgan fingerprint density at radius 3 is 2.86 bits per heavy atom. The molecule has 0 radical (unpaired) electrons. The molecule has 1 aromatic carbocycles. The first-order chi connectivity index (χ1) is 6.72. The maximum absolute atomic E-state index is 8.74. The number of nitriles is 1. The summed E-state index contributed by atoms with van der Waals surface area (Å²) in [4.78, 5) is 3.97. The van der Waals surface area contributed by atoms with E-state index in [4.69, 9.17) is 16.9 Å². The Morgan fingerprint density at radius 2 is 2.14 bits per heavy atom. The van der Waals surface area contributed by atoms with Crippen molar-refractivity contribution in [2.45, 2.75) is 6.92 Å². The largest absolute Gasteiger partial charge is 0.225 e. The molecule has 2 aromatic rings. The lowest BCUT2D eigenvalue weighted by atomic mass is 10.1. The SMILES string of the molecule is Cc1cccc2c(Cl)nc(C#N)cc12. The van der Waals surface area contributed by atoms with Crippen LogP contribution < -0.4 is 0 Å². The fraction of sp³-hybridized carbons (Fsp3) is 0.0909. The Labute approximate surface area is 86.8 Å². The Bertz CT molecular complexity index is 541. The molecule has 3 heteroatoms. The third-order valence-corrected chi connectivity index (χ3v) is 2.45. The monoisotopic (exact) mass is 202 g/mol. The molecule has 1 heterocycles. The van der Waals surface area contributed by atoms with E-state index < -0.39 is 0 Å². The van der Waals surface area contributed by atoms with E-state index in [1.54, 1.807) is 6.07 Å². The molecule has 68 valence electrons. The van der Waals surface area contributed by atoms with E-state index in [0.717, 1.165) is 16.3 Å². The van der Waals surface area contributed by atoms with Gasteiger partial charge < -0.3 is 0 Å². The van der Waals surface area contributed by atoms with Gasteiger partial charge in [0.15, 0.2) is 0 Å². The normalized spacial score (nSPS) is 10.1. The summed E-state index contributed by atoms with van der Waals surface area (Å²) in [6, 6.07) is 9.57. The number of benzene rings is 1. The standard InChI is InChI=1S/C11H7ClN2/c1-7-3-2-4-9-10(7)5-8(6-13)14-11(9)12/h2-5H,1H3. The van der Waals surface area contributed by atoms with Gasteiger partial charge in [0.25, 0.3) is 0 Å². The van der Waals surface area contributed by atoms with Gasteiger partial charge in [-0.2, -0.15) is 5.26 Å². The van der Waals surface area contributed by atoms with Gasteiger partial charge in [-0.05, 0) is 23.9 Å². The van der Waals surface area contributed by atoms with Gasteiger partial charge in [-0.3, -0.25) is 0 Å². The fourth-order valence-electron chi connectivity index (χ4n) is 1.44. The molecule has 0 bridgehead atoms. The molecule has 2 rings (SSSR count). The highest BCUT2D eigenvalue weighted by Gasteiger charge is 2.04. The number of aromatic nitrogens is 1. The highest BCUT2D eigenvalue weighted by atomic mass is 35.5. The van der Waals surface area contributed by atoms with Crippen LogP contribution in [-0.4, -0.2) is 4.98 Å². The predicted octanol–water partition coefficient (Wildman–Crippen LogP) is 3.07. The van der Waals surface area contributed by atoms with Crippen LogP contribution in [0.15, 0.2) is 24.3 Å². The van der Waals surface area contributed by atoms with E-state index in [1.807, 2.05) is 31.2 Å². The second kappa shape index (κ2) is 3.28. The number of aryl methyl sites for hydroxylation is 1. The first-order valence-electron chi connectivity index (χ1n) is 4.18. The molecule has 0 aliphatic rings. The van der Waals surface area contributed by atoms with Crippen LogP contribution in [0.3, 0.4) is 0 Å². The molecular weight excluding hydrogens is 196 g/mol. The first-order valence-corrected chi connectivity index (χ1v) is 4.56.